The van der Waals surface area contributed by atoms with Crippen molar-refractivity contribution in [3.63, 3.8) is 0 Å². The Morgan fingerprint density at radius 1 is 1.30 bits per heavy atom. The number of thiophene rings is 1. The van der Waals surface area contributed by atoms with Crippen molar-refractivity contribution in [3.8, 4) is 17.6 Å². The number of benzene rings is 1. The maximum Gasteiger partial charge on any atom is 0.353 e. The van der Waals surface area contributed by atoms with Crippen LogP contribution in [-0.2, 0) is 14.6 Å². The molecule has 0 fully saturated rings. The highest BCUT2D eigenvalue weighted by Gasteiger charge is 2.20. The Labute approximate surface area is 201 Å². The fourth-order valence-electron chi connectivity index (χ4n) is 2.35. The Morgan fingerprint density at radius 2 is 2.06 bits per heavy atom. The third kappa shape index (κ3) is 5.93. The summed E-state index contributed by atoms with van der Waals surface area (Å²) in [7, 11) is -2.24. The highest BCUT2D eigenvalue weighted by Crippen LogP contribution is 2.37. The van der Waals surface area contributed by atoms with Crippen LogP contribution >= 0.6 is 34.3 Å². The smallest absolute Gasteiger partial charge is 0.353 e. The van der Waals surface area contributed by atoms with Gasteiger partial charge in [0, 0.05) is 6.26 Å². The van der Waals surface area contributed by atoms with E-state index in [2.05, 4.69) is 15.5 Å². The molecular weight excluding hydrogens is 512 g/mol. The van der Waals surface area contributed by atoms with Crippen LogP contribution in [0.25, 0.3) is 6.08 Å². The lowest BCUT2D eigenvalue weighted by molar-refractivity contribution is -0.112. The van der Waals surface area contributed by atoms with E-state index in [1.165, 1.54) is 36.7 Å². The minimum Gasteiger partial charge on any atom is -0.493 e. The normalized spacial score (nSPS) is 11.5. The number of carbonyl (C=O) groups excluding carboxylic acids is 2. The molecule has 33 heavy (non-hydrogen) atoms. The first kappa shape index (κ1) is 24.3. The van der Waals surface area contributed by atoms with Gasteiger partial charge in [0.15, 0.2) is 11.5 Å². The van der Waals surface area contributed by atoms with Gasteiger partial charge in [-0.25, -0.2) is 13.2 Å². The van der Waals surface area contributed by atoms with Crippen LogP contribution in [0.1, 0.15) is 15.2 Å². The Balaban J connectivity index is 1.85. The highest BCUT2D eigenvalue weighted by atomic mass is 35.5. The van der Waals surface area contributed by atoms with Gasteiger partial charge in [0.2, 0.25) is 19.3 Å². The maximum absolute atomic E-state index is 12.4. The molecule has 1 amide bonds. The average Bonchev–Trinajstić information content (AvgIpc) is 3.45. The van der Waals surface area contributed by atoms with Crippen LogP contribution in [0.5, 0.6) is 11.5 Å². The van der Waals surface area contributed by atoms with Crippen LogP contribution in [0, 0.1) is 11.3 Å². The number of anilines is 1. The number of aromatic nitrogens is 2. The molecule has 0 radical (unpaired) electrons. The van der Waals surface area contributed by atoms with E-state index >= 15 is 0 Å². The van der Waals surface area contributed by atoms with Gasteiger partial charge in [0.1, 0.15) is 16.5 Å². The standard InChI is InChI=1S/C19H13ClN4O6S3/c1-29-13-8-10(7-12(20)15(13)30-17(26)14-4-3-5-31-14)6-11(9-21)16(25)22-18-23-24-19(32-18)33(2,27)28/h3-8H,1-2H3,(H,22,23,25)/b11-6-. The summed E-state index contributed by atoms with van der Waals surface area (Å²) in [6.45, 7) is 0. The summed E-state index contributed by atoms with van der Waals surface area (Å²) in [5, 5.41) is 20.4. The number of amides is 1. The predicted molar refractivity (Wildman–Crippen MR) is 123 cm³/mol. The lowest BCUT2D eigenvalue weighted by atomic mass is 10.1. The monoisotopic (exact) mass is 524 g/mol. The number of carbonyl (C=O) groups is 2. The van der Waals surface area contributed by atoms with Crippen molar-refractivity contribution in [2.45, 2.75) is 4.34 Å². The zero-order valence-electron chi connectivity index (χ0n) is 16.9. The zero-order chi connectivity index (χ0) is 24.2. The van der Waals surface area contributed by atoms with E-state index in [4.69, 9.17) is 21.1 Å². The molecule has 0 bridgehead atoms. The van der Waals surface area contributed by atoms with Crippen LogP contribution in [0.15, 0.2) is 39.6 Å². The number of sulfone groups is 1. The first-order valence-electron chi connectivity index (χ1n) is 8.72. The van der Waals surface area contributed by atoms with Crippen LogP contribution in [-0.4, -0.2) is 43.9 Å². The van der Waals surface area contributed by atoms with Gasteiger partial charge in [-0.1, -0.05) is 29.0 Å². The van der Waals surface area contributed by atoms with E-state index in [1.807, 2.05) is 0 Å². The molecule has 1 aromatic carbocycles. The summed E-state index contributed by atoms with van der Waals surface area (Å²) in [5.41, 5.74) is -0.0129. The molecular formula is C19H13ClN4O6S3. The third-order valence-electron chi connectivity index (χ3n) is 3.79. The second-order valence-electron chi connectivity index (χ2n) is 6.17. The van der Waals surface area contributed by atoms with Gasteiger partial charge in [0.25, 0.3) is 5.91 Å². The molecule has 2 heterocycles. The van der Waals surface area contributed by atoms with Gasteiger partial charge in [-0.2, -0.15) is 5.26 Å². The molecule has 0 aliphatic rings. The van der Waals surface area contributed by atoms with Crippen LogP contribution in [0.3, 0.4) is 0 Å². The summed E-state index contributed by atoms with van der Waals surface area (Å²) in [6.07, 6.45) is 2.19. The van der Waals surface area contributed by atoms with Crippen LogP contribution in [0.2, 0.25) is 5.02 Å². The van der Waals surface area contributed by atoms with Gasteiger partial charge >= 0.3 is 5.97 Å². The molecule has 0 aliphatic carbocycles. The van der Waals surface area contributed by atoms with E-state index in [9.17, 15) is 23.3 Å². The van der Waals surface area contributed by atoms with E-state index in [0.717, 1.165) is 6.26 Å². The first-order chi connectivity index (χ1) is 15.6. The van der Waals surface area contributed by atoms with Crippen molar-refractivity contribution in [1.29, 1.82) is 5.26 Å². The van der Waals surface area contributed by atoms with Crippen molar-refractivity contribution >= 4 is 67.2 Å². The van der Waals surface area contributed by atoms with E-state index in [0.29, 0.717) is 21.8 Å². The number of hydrogen-bond acceptors (Lipinski definition) is 11. The van der Waals surface area contributed by atoms with E-state index in [1.54, 1.807) is 23.6 Å². The molecule has 0 saturated heterocycles. The lowest BCUT2D eigenvalue weighted by Gasteiger charge is -2.11. The number of halogens is 1. The predicted octanol–water partition coefficient (Wildman–Crippen LogP) is 3.43. The molecule has 3 rings (SSSR count). The molecule has 10 nitrogen and oxygen atoms in total. The number of nitrogens with zero attached hydrogens (tertiary/aromatic N) is 3. The van der Waals surface area contributed by atoms with Crippen LogP contribution < -0.4 is 14.8 Å². The number of ether oxygens (including phenoxy) is 2. The first-order valence-corrected chi connectivity index (χ1v) is 12.7. The topological polar surface area (TPSA) is 148 Å². The fourth-order valence-corrected chi connectivity index (χ4v) is 4.71. The third-order valence-corrected chi connectivity index (χ3v) is 7.43. The fraction of sp³-hybridized carbons (Fsp3) is 0.105. The molecule has 0 atom stereocenters. The summed E-state index contributed by atoms with van der Waals surface area (Å²) in [5.74, 6) is -1.36. The maximum atomic E-state index is 12.4. The molecule has 0 saturated carbocycles. The number of esters is 1. The van der Waals surface area contributed by atoms with Crippen molar-refractivity contribution < 1.29 is 27.5 Å². The van der Waals surface area contributed by atoms with Crippen molar-refractivity contribution in [2.75, 3.05) is 18.7 Å². The molecule has 0 aliphatic heterocycles. The molecule has 170 valence electrons. The second-order valence-corrected chi connectivity index (χ2v) is 10.7. The van der Waals surface area contributed by atoms with Crippen molar-refractivity contribution in [1.82, 2.24) is 10.2 Å². The Hall–Kier alpha value is -3.31. The Morgan fingerprint density at radius 3 is 2.64 bits per heavy atom. The SMILES string of the molecule is COc1cc(/C=C(/C#N)C(=O)Nc2nnc(S(C)(=O)=O)s2)cc(Cl)c1OC(=O)c1cccs1. The van der Waals surface area contributed by atoms with Gasteiger partial charge < -0.3 is 9.47 Å². The second kappa shape index (κ2) is 10.1. The van der Waals surface area contributed by atoms with Crippen molar-refractivity contribution in [3.05, 3.63) is 50.7 Å². The summed E-state index contributed by atoms with van der Waals surface area (Å²) in [4.78, 5) is 25.1. The number of hydrogen-bond donors (Lipinski definition) is 1. The number of nitriles is 1. The highest BCUT2D eigenvalue weighted by molar-refractivity contribution is 7.92. The van der Waals surface area contributed by atoms with Crippen molar-refractivity contribution in [2.24, 2.45) is 0 Å². The average molecular weight is 525 g/mol. The van der Waals surface area contributed by atoms with E-state index < -0.39 is 21.7 Å². The van der Waals surface area contributed by atoms with Gasteiger partial charge in [-0.15, -0.1) is 21.5 Å². The minimum absolute atomic E-state index is 0.0140. The summed E-state index contributed by atoms with van der Waals surface area (Å²) < 4.78 is 33.3. The number of nitrogens with one attached hydrogen (secondary N) is 1. The van der Waals surface area contributed by atoms with Gasteiger partial charge in [-0.3, -0.25) is 10.1 Å². The summed E-state index contributed by atoms with van der Waals surface area (Å²) in [6, 6.07) is 7.86. The molecule has 0 spiro atoms. The Bertz CT molecular complexity index is 1390. The quantitative estimate of drug-likeness (QED) is 0.161. The van der Waals surface area contributed by atoms with Gasteiger partial charge in [-0.05, 0) is 35.2 Å². The zero-order valence-corrected chi connectivity index (χ0v) is 20.1. The minimum atomic E-state index is -3.58. The van der Waals surface area contributed by atoms with E-state index in [-0.39, 0.29) is 31.6 Å². The molecule has 0 unspecified atom stereocenters. The van der Waals surface area contributed by atoms with Gasteiger partial charge in [0.05, 0.1) is 12.1 Å². The van der Waals surface area contributed by atoms with Crippen LogP contribution in [0.4, 0.5) is 5.13 Å². The molecule has 14 heteroatoms. The largest absolute Gasteiger partial charge is 0.493 e. The molecule has 1 N–H and O–H groups in total. The Kier molecular flexibility index (Phi) is 7.44. The number of rotatable bonds is 7. The molecule has 3 aromatic rings. The molecule has 2 aromatic heterocycles. The lowest BCUT2D eigenvalue weighted by Crippen LogP contribution is -2.13. The number of methoxy groups -OCH3 is 1. The summed E-state index contributed by atoms with van der Waals surface area (Å²) >= 11 is 8.11.